The Bertz CT molecular complexity index is 981. The van der Waals surface area contributed by atoms with Crippen molar-refractivity contribution in [3.63, 3.8) is 0 Å². The molecule has 146 valence electrons. The maximum Gasteiger partial charge on any atom is 0.418 e. The summed E-state index contributed by atoms with van der Waals surface area (Å²) in [6.07, 6.45) is -2.58. The van der Waals surface area contributed by atoms with E-state index in [-0.39, 0.29) is 23.2 Å². The van der Waals surface area contributed by atoms with E-state index in [1.165, 1.54) is 24.4 Å². The Morgan fingerprint density at radius 3 is 2.63 bits per heavy atom. The Morgan fingerprint density at radius 1 is 1.30 bits per heavy atom. The van der Waals surface area contributed by atoms with Gasteiger partial charge < -0.3 is 0 Å². The van der Waals surface area contributed by atoms with Gasteiger partial charge in [0.05, 0.1) is 40.7 Å². The second-order valence-electron chi connectivity index (χ2n) is 6.50. The highest BCUT2D eigenvalue weighted by molar-refractivity contribution is 7.91. The van der Waals surface area contributed by atoms with Crippen molar-refractivity contribution in [2.24, 2.45) is 5.10 Å². The average molecular weight is 400 g/mol. The van der Waals surface area contributed by atoms with Crippen molar-refractivity contribution in [1.29, 1.82) is 0 Å². The van der Waals surface area contributed by atoms with E-state index in [4.69, 9.17) is 0 Å². The highest BCUT2D eigenvalue weighted by atomic mass is 32.2. The zero-order chi connectivity index (χ0) is 19.8. The van der Waals surface area contributed by atoms with Crippen LogP contribution in [0.4, 0.5) is 18.9 Å². The third-order valence-electron chi connectivity index (χ3n) is 4.55. The molecule has 0 aliphatic carbocycles. The standard InChI is InChI=1S/C17H19F3N4O2S/c1-11-14(12(2)24(23-11)13-7-8-27(25,26)10-13)9-21-22-16-6-4-3-5-15(16)17(18,19)20/h3-6,9,13,22H,7-8,10H2,1-2H3/b21-9-/t13-/m1/s1. The van der Waals surface area contributed by atoms with Gasteiger partial charge in [0, 0.05) is 11.3 Å². The largest absolute Gasteiger partial charge is 0.418 e. The summed E-state index contributed by atoms with van der Waals surface area (Å²) < 4.78 is 64.1. The number of nitrogens with one attached hydrogen (secondary N) is 1. The zero-order valence-electron chi connectivity index (χ0n) is 14.8. The van der Waals surface area contributed by atoms with Gasteiger partial charge >= 0.3 is 6.18 Å². The van der Waals surface area contributed by atoms with Crippen molar-refractivity contribution in [2.75, 3.05) is 16.9 Å². The lowest BCUT2D eigenvalue weighted by Crippen LogP contribution is -2.14. The third-order valence-corrected chi connectivity index (χ3v) is 6.30. The Hall–Kier alpha value is -2.36. The Labute approximate surface area is 155 Å². The van der Waals surface area contributed by atoms with Gasteiger partial charge in [-0.15, -0.1) is 0 Å². The summed E-state index contributed by atoms with van der Waals surface area (Å²) in [5.74, 6) is 0.179. The minimum absolute atomic E-state index is 0.0444. The fourth-order valence-corrected chi connectivity index (χ4v) is 4.87. The van der Waals surface area contributed by atoms with E-state index in [1.54, 1.807) is 18.5 Å². The maximum absolute atomic E-state index is 13.0. The number of anilines is 1. The number of hydrazone groups is 1. The van der Waals surface area contributed by atoms with Gasteiger partial charge in [-0.3, -0.25) is 10.1 Å². The molecule has 27 heavy (non-hydrogen) atoms. The van der Waals surface area contributed by atoms with Gasteiger partial charge in [-0.05, 0) is 32.4 Å². The molecule has 6 nitrogen and oxygen atoms in total. The number of para-hydroxylation sites is 1. The summed E-state index contributed by atoms with van der Waals surface area (Å²) in [6.45, 7) is 3.54. The van der Waals surface area contributed by atoms with Gasteiger partial charge in [-0.1, -0.05) is 12.1 Å². The first-order chi connectivity index (χ1) is 12.6. The van der Waals surface area contributed by atoms with E-state index in [0.717, 1.165) is 11.8 Å². The van der Waals surface area contributed by atoms with Crippen molar-refractivity contribution in [1.82, 2.24) is 9.78 Å². The molecular weight excluding hydrogens is 381 g/mol. The fraction of sp³-hybridized carbons (Fsp3) is 0.412. The second kappa shape index (κ2) is 6.99. The zero-order valence-corrected chi connectivity index (χ0v) is 15.6. The quantitative estimate of drug-likeness (QED) is 0.631. The average Bonchev–Trinajstić information content (AvgIpc) is 3.07. The number of alkyl halides is 3. The summed E-state index contributed by atoms with van der Waals surface area (Å²) >= 11 is 0. The maximum atomic E-state index is 13.0. The number of benzene rings is 1. The first-order valence-electron chi connectivity index (χ1n) is 8.30. The van der Waals surface area contributed by atoms with Gasteiger partial charge in [0.2, 0.25) is 0 Å². The number of sulfone groups is 1. The van der Waals surface area contributed by atoms with Gasteiger partial charge in [0.1, 0.15) is 0 Å². The summed E-state index contributed by atoms with van der Waals surface area (Å²) in [6, 6.07) is 4.85. The van der Waals surface area contributed by atoms with Crippen molar-refractivity contribution < 1.29 is 21.6 Å². The topological polar surface area (TPSA) is 76.3 Å². The van der Waals surface area contributed by atoms with Crippen LogP contribution in [0.25, 0.3) is 0 Å². The molecule has 2 heterocycles. The molecule has 1 aliphatic heterocycles. The predicted octanol–water partition coefficient (Wildman–Crippen LogP) is 3.32. The first-order valence-corrected chi connectivity index (χ1v) is 10.1. The number of aromatic nitrogens is 2. The number of rotatable bonds is 4. The van der Waals surface area contributed by atoms with E-state index < -0.39 is 21.6 Å². The van der Waals surface area contributed by atoms with Crippen LogP contribution in [-0.4, -0.2) is 35.9 Å². The Morgan fingerprint density at radius 2 is 2.00 bits per heavy atom. The van der Waals surface area contributed by atoms with Gasteiger partial charge in [0.15, 0.2) is 9.84 Å². The van der Waals surface area contributed by atoms with Crippen LogP contribution in [0.5, 0.6) is 0 Å². The smallest absolute Gasteiger partial charge is 0.278 e. The SMILES string of the molecule is Cc1nn([C@@H]2CCS(=O)(=O)C2)c(C)c1/C=N\Nc1ccccc1C(F)(F)F. The van der Waals surface area contributed by atoms with Crippen LogP contribution in [0.2, 0.25) is 0 Å². The predicted molar refractivity (Wildman–Crippen MR) is 96.7 cm³/mol. The van der Waals surface area contributed by atoms with E-state index in [0.29, 0.717) is 17.7 Å². The molecule has 3 rings (SSSR count). The molecule has 0 spiro atoms. The van der Waals surface area contributed by atoms with Crippen molar-refractivity contribution in [3.8, 4) is 0 Å². The lowest BCUT2D eigenvalue weighted by Gasteiger charge is -2.11. The number of aryl methyl sites for hydroxylation is 1. The molecule has 1 saturated heterocycles. The molecule has 0 radical (unpaired) electrons. The van der Waals surface area contributed by atoms with Crippen molar-refractivity contribution >= 4 is 21.7 Å². The molecule has 0 unspecified atom stereocenters. The molecule has 0 amide bonds. The van der Waals surface area contributed by atoms with Crippen LogP contribution in [0, 0.1) is 13.8 Å². The van der Waals surface area contributed by atoms with E-state index in [1.807, 2.05) is 0 Å². The van der Waals surface area contributed by atoms with Crippen molar-refractivity contribution in [3.05, 3.63) is 46.8 Å². The lowest BCUT2D eigenvalue weighted by molar-refractivity contribution is -0.136. The second-order valence-corrected chi connectivity index (χ2v) is 8.73. The van der Waals surface area contributed by atoms with Crippen LogP contribution in [0.3, 0.4) is 0 Å². The van der Waals surface area contributed by atoms with E-state index in [9.17, 15) is 21.6 Å². The molecule has 2 aromatic rings. The number of hydrogen-bond acceptors (Lipinski definition) is 5. The van der Waals surface area contributed by atoms with Crippen LogP contribution < -0.4 is 5.43 Å². The highest BCUT2D eigenvalue weighted by Gasteiger charge is 2.33. The van der Waals surface area contributed by atoms with Gasteiger partial charge in [-0.2, -0.15) is 23.4 Å². The molecule has 1 N–H and O–H groups in total. The third kappa shape index (κ3) is 4.15. The van der Waals surface area contributed by atoms with Crippen LogP contribution >= 0.6 is 0 Å². The molecule has 1 aliphatic rings. The summed E-state index contributed by atoms with van der Waals surface area (Å²) in [5.41, 5.74) is 3.49. The number of hydrogen-bond donors (Lipinski definition) is 1. The lowest BCUT2D eigenvalue weighted by atomic mass is 10.2. The molecular formula is C17H19F3N4O2S. The molecule has 1 atom stereocenters. The summed E-state index contributed by atoms with van der Waals surface area (Å²) in [4.78, 5) is 0. The van der Waals surface area contributed by atoms with Gasteiger partial charge in [0.25, 0.3) is 0 Å². The van der Waals surface area contributed by atoms with Gasteiger partial charge in [-0.25, -0.2) is 8.42 Å². The van der Waals surface area contributed by atoms with Crippen LogP contribution in [-0.2, 0) is 16.0 Å². The van der Waals surface area contributed by atoms with Crippen LogP contribution in [0.1, 0.15) is 35.0 Å². The number of nitrogens with zero attached hydrogens (tertiary/aromatic N) is 3. The fourth-order valence-electron chi connectivity index (χ4n) is 3.18. The van der Waals surface area contributed by atoms with Crippen LogP contribution in [0.15, 0.2) is 29.4 Å². The molecule has 1 aromatic carbocycles. The highest BCUT2D eigenvalue weighted by Crippen LogP contribution is 2.34. The number of halogens is 3. The first kappa shape index (κ1) is 19.4. The molecule has 1 aromatic heterocycles. The minimum Gasteiger partial charge on any atom is -0.278 e. The molecule has 10 heteroatoms. The summed E-state index contributed by atoms with van der Waals surface area (Å²) in [5, 5.41) is 8.32. The molecule has 0 saturated carbocycles. The van der Waals surface area contributed by atoms with E-state index in [2.05, 4.69) is 15.6 Å². The Balaban J connectivity index is 1.81. The normalized spacial score (nSPS) is 19.7. The van der Waals surface area contributed by atoms with Crippen molar-refractivity contribution in [2.45, 2.75) is 32.5 Å². The van der Waals surface area contributed by atoms with E-state index >= 15 is 0 Å². The molecule has 0 bridgehead atoms. The Kier molecular flexibility index (Phi) is 5.02. The minimum atomic E-state index is -4.48. The monoisotopic (exact) mass is 400 g/mol. The molecule has 1 fully saturated rings. The summed E-state index contributed by atoms with van der Waals surface area (Å²) in [7, 11) is -3.05.